The number of ketones is 1. The lowest BCUT2D eigenvalue weighted by atomic mass is 9.95. The normalized spacial score (nSPS) is 18.8. The van der Waals surface area contributed by atoms with Crippen molar-refractivity contribution in [1.29, 1.82) is 0 Å². The number of anilines is 1. The van der Waals surface area contributed by atoms with Crippen molar-refractivity contribution >= 4 is 23.1 Å². The number of rotatable bonds is 5. The molecule has 1 heterocycles. The van der Waals surface area contributed by atoms with Crippen LogP contribution < -0.4 is 4.90 Å². The molecule has 1 aliphatic rings. The maximum atomic E-state index is 12.7. The average molecular weight is 366 g/mol. The molecule has 6 heteroatoms. The van der Waals surface area contributed by atoms with Gasteiger partial charge < -0.3 is 20.0 Å². The van der Waals surface area contributed by atoms with E-state index in [1.165, 1.54) is 4.90 Å². The van der Waals surface area contributed by atoms with Crippen molar-refractivity contribution < 1.29 is 19.8 Å². The van der Waals surface area contributed by atoms with Crippen LogP contribution in [0.15, 0.2) is 60.2 Å². The quantitative estimate of drug-likeness (QED) is 0.482. The SMILES string of the molecule is CN(C)c1ccc(C2C(=C(O)c3ccccc3)C(=O)C(=O)N2CCO)cc1. The zero-order valence-electron chi connectivity index (χ0n) is 15.3. The molecule has 2 aromatic carbocycles. The van der Waals surface area contributed by atoms with Crippen LogP contribution in [0.4, 0.5) is 5.69 Å². The Morgan fingerprint density at radius 1 is 1.04 bits per heavy atom. The second-order valence-corrected chi connectivity index (χ2v) is 6.57. The molecule has 1 atom stereocenters. The van der Waals surface area contributed by atoms with Crippen LogP contribution >= 0.6 is 0 Å². The first-order valence-electron chi connectivity index (χ1n) is 8.67. The Balaban J connectivity index is 2.14. The summed E-state index contributed by atoms with van der Waals surface area (Å²) in [5, 5.41) is 20.1. The van der Waals surface area contributed by atoms with Crippen molar-refractivity contribution in [2.45, 2.75) is 6.04 Å². The molecular formula is C21H22N2O4. The molecule has 1 aliphatic heterocycles. The summed E-state index contributed by atoms with van der Waals surface area (Å²) in [7, 11) is 3.84. The molecule has 0 bridgehead atoms. The first kappa shape index (κ1) is 18.7. The molecule has 2 aromatic rings. The van der Waals surface area contributed by atoms with Gasteiger partial charge in [-0.3, -0.25) is 9.59 Å². The van der Waals surface area contributed by atoms with E-state index in [0.29, 0.717) is 11.1 Å². The van der Waals surface area contributed by atoms with Crippen LogP contribution in [0.25, 0.3) is 5.76 Å². The number of amides is 1. The van der Waals surface area contributed by atoms with Gasteiger partial charge in [0.2, 0.25) is 0 Å². The molecule has 1 fully saturated rings. The fourth-order valence-corrected chi connectivity index (χ4v) is 3.27. The summed E-state index contributed by atoms with van der Waals surface area (Å²) in [5.41, 5.74) is 2.18. The van der Waals surface area contributed by atoms with Crippen molar-refractivity contribution in [2.75, 3.05) is 32.1 Å². The van der Waals surface area contributed by atoms with E-state index in [2.05, 4.69) is 0 Å². The van der Waals surface area contributed by atoms with Crippen molar-refractivity contribution in [2.24, 2.45) is 0 Å². The highest BCUT2D eigenvalue weighted by atomic mass is 16.3. The van der Waals surface area contributed by atoms with Gasteiger partial charge in [-0.05, 0) is 17.7 Å². The van der Waals surface area contributed by atoms with Gasteiger partial charge in [0.25, 0.3) is 11.7 Å². The third-order valence-corrected chi connectivity index (χ3v) is 4.65. The fourth-order valence-electron chi connectivity index (χ4n) is 3.27. The van der Waals surface area contributed by atoms with Crippen molar-refractivity contribution in [3.05, 3.63) is 71.3 Å². The molecule has 6 nitrogen and oxygen atoms in total. The van der Waals surface area contributed by atoms with Gasteiger partial charge in [-0.1, -0.05) is 42.5 Å². The molecule has 0 aliphatic carbocycles. The zero-order chi connectivity index (χ0) is 19.6. The molecule has 0 saturated carbocycles. The van der Waals surface area contributed by atoms with Gasteiger partial charge in [-0.25, -0.2) is 0 Å². The summed E-state index contributed by atoms with van der Waals surface area (Å²) in [6.07, 6.45) is 0. The summed E-state index contributed by atoms with van der Waals surface area (Å²) in [4.78, 5) is 28.4. The minimum atomic E-state index is -0.744. The molecular weight excluding hydrogens is 344 g/mol. The van der Waals surface area contributed by atoms with Crippen LogP contribution in [-0.4, -0.2) is 54.1 Å². The number of carbonyl (C=O) groups excluding carboxylic acids is 2. The van der Waals surface area contributed by atoms with Gasteiger partial charge in [-0.15, -0.1) is 0 Å². The Morgan fingerprint density at radius 3 is 2.22 bits per heavy atom. The Labute approximate surface area is 158 Å². The van der Waals surface area contributed by atoms with Crippen LogP contribution in [0.2, 0.25) is 0 Å². The van der Waals surface area contributed by atoms with E-state index in [9.17, 15) is 19.8 Å². The number of hydrogen-bond acceptors (Lipinski definition) is 5. The number of aliphatic hydroxyl groups is 2. The van der Waals surface area contributed by atoms with Crippen LogP contribution in [0.5, 0.6) is 0 Å². The summed E-state index contributed by atoms with van der Waals surface area (Å²) >= 11 is 0. The van der Waals surface area contributed by atoms with Crippen LogP contribution in [0, 0.1) is 0 Å². The lowest BCUT2D eigenvalue weighted by molar-refractivity contribution is -0.140. The molecule has 2 N–H and O–H groups in total. The second kappa shape index (κ2) is 7.63. The van der Waals surface area contributed by atoms with Gasteiger partial charge in [0.15, 0.2) is 0 Å². The first-order valence-corrected chi connectivity index (χ1v) is 8.67. The van der Waals surface area contributed by atoms with E-state index in [1.807, 2.05) is 43.3 Å². The molecule has 1 saturated heterocycles. The Kier molecular flexibility index (Phi) is 5.28. The van der Waals surface area contributed by atoms with Gasteiger partial charge in [0, 0.05) is 31.9 Å². The summed E-state index contributed by atoms with van der Waals surface area (Å²) in [6, 6.07) is 15.4. The van der Waals surface area contributed by atoms with Crippen LogP contribution in [0.3, 0.4) is 0 Å². The molecule has 0 radical (unpaired) electrons. The highest BCUT2D eigenvalue weighted by Gasteiger charge is 2.45. The highest BCUT2D eigenvalue weighted by molar-refractivity contribution is 6.46. The predicted molar refractivity (Wildman–Crippen MR) is 103 cm³/mol. The number of Topliss-reactive ketones (excluding diaryl/α,β-unsaturated/α-hetero) is 1. The zero-order valence-corrected chi connectivity index (χ0v) is 15.3. The van der Waals surface area contributed by atoms with E-state index in [1.54, 1.807) is 30.3 Å². The predicted octanol–water partition coefficient (Wildman–Crippen LogP) is 2.17. The number of nitrogens with zero attached hydrogens (tertiary/aromatic N) is 2. The van der Waals surface area contributed by atoms with Crippen LogP contribution in [-0.2, 0) is 9.59 Å². The Bertz CT molecular complexity index is 873. The Morgan fingerprint density at radius 2 is 1.67 bits per heavy atom. The number of aliphatic hydroxyl groups excluding tert-OH is 2. The van der Waals surface area contributed by atoms with Gasteiger partial charge in [0.1, 0.15) is 5.76 Å². The monoisotopic (exact) mass is 366 g/mol. The largest absolute Gasteiger partial charge is 0.507 e. The lowest BCUT2D eigenvalue weighted by Gasteiger charge is -2.25. The van der Waals surface area contributed by atoms with Gasteiger partial charge in [-0.2, -0.15) is 0 Å². The van der Waals surface area contributed by atoms with Crippen molar-refractivity contribution in [3.63, 3.8) is 0 Å². The summed E-state index contributed by atoms with van der Waals surface area (Å²) < 4.78 is 0. The number of benzene rings is 2. The molecule has 27 heavy (non-hydrogen) atoms. The van der Waals surface area contributed by atoms with Crippen molar-refractivity contribution in [3.8, 4) is 0 Å². The maximum Gasteiger partial charge on any atom is 0.295 e. The highest BCUT2D eigenvalue weighted by Crippen LogP contribution is 2.39. The summed E-state index contributed by atoms with van der Waals surface area (Å²) in [5.74, 6) is -1.68. The van der Waals surface area contributed by atoms with E-state index in [4.69, 9.17) is 0 Å². The second-order valence-electron chi connectivity index (χ2n) is 6.57. The third-order valence-electron chi connectivity index (χ3n) is 4.65. The number of carbonyl (C=O) groups is 2. The molecule has 0 aromatic heterocycles. The van der Waals surface area contributed by atoms with E-state index < -0.39 is 17.7 Å². The van der Waals surface area contributed by atoms with Gasteiger partial charge >= 0.3 is 0 Å². The lowest BCUT2D eigenvalue weighted by Crippen LogP contribution is -2.32. The molecule has 140 valence electrons. The molecule has 3 rings (SSSR count). The maximum absolute atomic E-state index is 12.7. The topological polar surface area (TPSA) is 81.1 Å². The van der Waals surface area contributed by atoms with E-state index >= 15 is 0 Å². The first-order chi connectivity index (χ1) is 13.0. The number of likely N-dealkylation sites (tertiary alicyclic amines) is 1. The van der Waals surface area contributed by atoms with Crippen LogP contribution in [0.1, 0.15) is 17.2 Å². The van der Waals surface area contributed by atoms with Gasteiger partial charge in [0.05, 0.1) is 18.2 Å². The molecule has 1 unspecified atom stereocenters. The molecule has 1 amide bonds. The standard InChI is InChI=1S/C21H22N2O4/c1-22(2)16-10-8-14(9-11-16)18-17(19(25)15-6-4-3-5-7-15)20(26)21(27)23(18)12-13-24/h3-11,18,24-25H,12-13H2,1-2H3. The average Bonchev–Trinajstić information content (AvgIpc) is 2.93. The smallest absolute Gasteiger partial charge is 0.295 e. The van der Waals surface area contributed by atoms with E-state index in [0.717, 1.165) is 5.69 Å². The van der Waals surface area contributed by atoms with Crippen molar-refractivity contribution in [1.82, 2.24) is 4.90 Å². The molecule has 0 spiro atoms. The minimum Gasteiger partial charge on any atom is -0.507 e. The number of hydrogen-bond donors (Lipinski definition) is 2. The fraction of sp³-hybridized carbons (Fsp3) is 0.238. The Hall–Kier alpha value is -3.12. The third kappa shape index (κ3) is 3.44. The minimum absolute atomic E-state index is 0.0102. The number of β-amino-alcohol motifs (C(OH)–C–C–N with tert-alkyl or cyclic N) is 1. The van der Waals surface area contributed by atoms with E-state index in [-0.39, 0.29) is 24.5 Å². The summed E-state index contributed by atoms with van der Waals surface area (Å²) in [6.45, 7) is -0.263.